The molecule has 0 saturated heterocycles. The minimum atomic E-state index is 0.103. The van der Waals surface area contributed by atoms with Crippen LogP contribution in [0, 0.1) is 0 Å². The second-order valence-electron chi connectivity index (χ2n) is 3.89. The molecule has 84 valence electrons. The number of nitrogens with zero attached hydrogens (tertiary/aromatic N) is 2. The third-order valence-corrected chi connectivity index (χ3v) is 3.37. The van der Waals surface area contributed by atoms with E-state index in [0.29, 0.717) is 6.04 Å². The van der Waals surface area contributed by atoms with Gasteiger partial charge in [0, 0.05) is 19.5 Å². The van der Waals surface area contributed by atoms with Crippen LogP contribution in [0.3, 0.4) is 0 Å². The zero-order chi connectivity index (χ0) is 11.4. The van der Waals surface area contributed by atoms with Crippen LogP contribution in [0.2, 0.25) is 0 Å². The van der Waals surface area contributed by atoms with Crippen molar-refractivity contribution in [2.24, 2.45) is 0 Å². The first-order valence-corrected chi connectivity index (χ1v) is 5.88. The Kier molecular flexibility index (Phi) is 4.29. The molecule has 0 fully saturated rings. The van der Waals surface area contributed by atoms with Crippen LogP contribution in [-0.2, 0) is 4.79 Å². The van der Waals surface area contributed by atoms with Gasteiger partial charge in [0.1, 0.15) is 0 Å². The van der Waals surface area contributed by atoms with Gasteiger partial charge in [0.15, 0.2) is 0 Å². The number of hydrogen-bond donors (Lipinski definition) is 0. The third-order valence-electron chi connectivity index (χ3n) is 2.48. The predicted molar refractivity (Wildman–Crippen MR) is 65.5 cm³/mol. The SMILES string of the molecule is CC(=O)N(CC(C)N(C)C)c1cccs1. The zero-order valence-corrected chi connectivity index (χ0v) is 10.5. The summed E-state index contributed by atoms with van der Waals surface area (Å²) in [5.74, 6) is 0.103. The number of carbonyl (C=O) groups excluding carboxylic acids is 1. The molecule has 0 N–H and O–H groups in total. The molecule has 15 heavy (non-hydrogen) atoms. The summed E-state index contributed by atoms with van der Waals surface area (Å²) in [6.07, 6.45) is 0. The molecule has 1 rings (SSSR count). The van der Waals surface area contributed by atoms with Gasteiger partial charge in [-0.05, 0) is 38.5 Å². The van der Waals surface area contributed by atoms with E-state index in [4.69, 9.17) is 0 Å². The van der Waals surface area contributed by atoms with E-state index < -0.39 is 0 Å². The van der Waals surface area contributed by atoms with Crippen LogP contribution in [0.1, 0.15) is 13.8 Å². The van der Waals surface area contributed by atoms with Gasteiger partial charge in [0.25, 0.3) is 0 Å². The molecule has 1 aromatic heterocycles. The molecule has 0 aliphatic heterocycles. The lowest BCUT2D eigenvalue weighted by Crippen LogP contribution is -2.40. The average Bonchev–Trinajstić information content (AvgIpc) is 2.65. The highest BCUT2D eigenvalue weighted by Gasteiger charge is 2.16. The van der Waals surface area contributed by atoms with Gasteiger partial charge < -0.3 is 9.80 Å². The molecule has 4 heteroatoms. The molecule has 3 nitrogen and oxygen atoms in total. The molecule has 0 aromatic carbocycles. The highest BCUT2D eigenvalue weighted by atomic mass is 32.1. The molecule has 1 aromatic rings. The van der Waals surface area contributed by atoms with Crippen LogP contribution in [0.4, 0.5) is 5.00 Å². The van der Waals surface area contributed by atoms with Gasteiger partial charge in [-0.15, -0.1) is 11.3 Å². The molecule has 1 heterocycles. The maximum Gasteiger partial charge on any atom is 0.224 e. The van der Waals surface area contributed by atoms with E-state index in [0.717, 1.165) is 11.5 Å². The molecule has 1 unspecified atom stereocenters. The second-order valence-corrected chi connectivity index (χ2v) is 4.82. The molecule has 1 atom stereocenters. The monoisotopic (exact) mass is 226 g/mol. The van der Waals surface area contributed by atoms with Crippen molar-refractivity contribution in [3.63, 3.8) is 0 Å². The van der Waals surface area contributed by atoms with Crippen molar-refractivity contribution in [2.75, 3.05) is 25.5 Å². The third kappa shape index (κ3) is 3.32. The van der Waals surface area contributed by atoms with E-state index in [2.05, 4.69) is 11.8 Å². The molecular formula is C11H18N2OS. The van der Waals surface area contributed by atoms with E-state index in [1.54, 1.807) is 18.3 Å². The minimum Gasteiger partial charge on any atom is -0.305 e. The molecule has 1 amide bonds. The van der Waals surface area contributed by atoms with E-state index >= 15 is 0 Å². The Labute approximate surface area is 95.3 Å². The smallest absolute Gasteiger partial charge is 0.224 e. The Balaban J connectivity index is 2.72. The maximum absolute atomic E-state index is 11.5. The van der Waals surface area contributed by atoms with Crippen LogP contribution >= 0.6 is 11.3 Å². The van der Waals surface area contributed by atoms with Crippen molar-refractivity contribution >= 4 is 22.2 Å². The quantitative estimate of drug-likeness (QED) is 0.784. The van der Waals surface area contributed by atoms with Crippen molar-refractivity contribution < 1.29 is 4.79 Å². The second kappa shape index (κ2) is 5.28. The first kappa shape index (κ1) is 12.2. The molecule has 0 aliphatic rings. The summed E-state index contributed by atoms with van der Waals surface area (Å²) >= 11 is 1.60. The Bertz CT molecular complexity index is 308. The average molecular weight is 226 g/mol. The molecule has 0 spiro atoms. The van der Waals surface area contributed by atoms with Crippen molar-refractivity contribution in [2.45, 2.75) is 19.9 Å². The van der Waals surface area contributed by atoms with Crippen molar-refractivity contribution in [3.05, 3.63) is 17.5 Å². The summed E-state index contributed by atoms with van der Waals surface area (Å²) in [7, 11) is 4.05. The van der Waals surface area contributed by atoms with Crippen molar-refractivity contribution in [3.8, 4) is 0 Å². The number of amides is 1. The lowest BCUT2D eigenvalue weighted by Gasteiger charge is -2.27. The fourth-order valence-electron chi connectivity index (χ4n) is 1.22. The Hall–Kier alpha value is -0.870. The van der Waals surface area contributed by atoms with E-state index in [9.17, 15) is 4.79 Å². The number of rotatable bonds is 4. The first-order valence-electron chi connectivity index (χ1n) is 5.00. The number of hydrogen-bond acceptors (Lipinski definition) is 3. The first-order chi connectivity index (χ1) is 7.02. The summed E-state index contributed by atoms with van der Waals surface area (Å²) < 4.78 is 0. The zero-order valence-electron chi connectivity index (χ0n) is 9.73. The van der Waals surface area contributed by atoms with Gasteiger partial charge in [-0.25, -0.2) is 0 Å². The topological polar surface area (TPSA) is 23.6 Å². The molecule has 0 radical (unpaired) electrons. The largest absolute Gasteiger partial charge is 0.305 e. The Morgan fingerprint density at radius 3 is 2.60 bits per heavy atom. The van der Waals surface area contributed by atoms with Crippen molar-refractivity contribution in [1.82, 2.24) is 4.90 Å². The highest BCUT2D eigenvalue weighted by molar-refractivity contribution is 7.14. The fraction of sp³-hybridized carbons (Fsp3) is 0.545. The molecule has 0 aliphatic carbocycles. The maximum atomic E-state index is 11.5. The number of thiophene rings is 1. The van der Waals surface area contributed by atoms with Gasteiger partial charge >= 0.3 is 0 Å². The number of carbonyl (C=O) groups is 1. The number of anilines is 1. The van der Waals surface area contributed by atoms with Gasteiger partial charge in [0.2, 0.25) is 5.91 Å². The van der Waals surface area contributed by atoms with Crippen LogP contribution < -0.4 is 4.90 Å². The van der Waals surface area contributed by atoms with Crippen LogP contribution in [-0.4, -0.2) is 37.5 Å². The van der Waals surface area contributed by atoms with Gasteiger partial charge in [-0.3, -0.25) is 4.79 Å². The van der Waals surface area contributed by atoms with E-state index in [1.807, 2.05) is 36.5 Å². The molecule has 0 saturated carbocycles. The van der Waals surface area contributed by atoms with Crippen LogP contribution in [0.15, 0.2) is 17.5 Å². The lowest BCUT2D eigenvalue weighted by molar-refractivity contribution is -0.116. The van der Waals surface area contributed by atoms with E-state index in [1.165, 1.54) is 0 Å². The fourth-order valence-corrected chi connectivity index (χ4v) is 2.01. The molecular weight excluding hydrogens is 208 g/mol. The highest BCUT2D eigenvalue weighted by Crippen LogP contribution is 2.21. The summed E-state index contributed by atoms with van der Waals surface area (Å²) in [6, 6.07) is 4.31. The van der Waals surface area contributed by atoms with Crippen LogP contribution in [0.5, 0.6) is 0 Å². The number of likely N-dealkylation sites (N-methyl/N-ethyl adjacent to an activating group) is 1. The van der Waals surface area contributed by atoms with Crippen LogP contribution in [0.25, 0.3) is 0 Å². The lowest BCUT2D eigenvalue weighted by atomic mass is 10.3. The van der Waals surface area contributed by atoms with E-state index in [-0.39, 0.29) is 5.91 Å². The Morgan fingerprint density at radius 2 is 2.20 bits per heavy atom. The summed E-state index contributed by atoms with van der Waals surface area (Å²) in [5, 5.41) is 3.02. The predicted octanol–water partition coefficient (Wildman–Crippen LogP) is 2.05. The summed E-state index contributed by atoms with van der Waals surface area (Å²) in [4.78, 5) is 15.5. The normalized spacial score (nSPS) is 12.9. The van der Waals surface area contributed by atoms with Gasteiger partial charge in [-0.1, -0.05) is 0 Å². The van der Waals surface area contributed by atoms with Gasteiger partial charge in [0.05, 0.1) is 5.00 Å². The minimum absolute atomic E-state index is 0.103. The Morgan fingerprint density at radius 1 is 1.53 bits per heavy atom. The summed E-state index contributed by atoms with van der Waals surface area (Å²) in [5.41, 5.74) is 0. The molecule has 0 bridgehead atoms. The summed E-state index contributed by atoms with van der Waals surface area (Å²) in [6.45, 7) is 4.47. The standard InChI is InChI=1S/C11H18N2OS/c1-9(12(3)4)8-13(10(2)14)11-6-5-7-15-11/h5-7,9H,8H2,1-4H3. The van der Waals surface area contributed by atoms with Crippen molar-refractivity contribution in [1.29, 1.82) is 0 Å². The van der Waals surface area contributed by atoms with Gasteiger partial charge in [-0.2, -0.15) is 0 Å².